The van der Waals surface area contributed by atoms with Gasteiger partial charge in [-0.2, -0.15) is 0 Å². The smallest absolute Gasteiger partial charge is 0.0753 e. The van der Waals surface area contributed by atoms with E-state index in [1.54, 1.807) is 0 Å². The Morgan fingerprint density at radius 3 is 2.53 bits per heavy atom. The number of hydrogen-bond acceptors (Lipinski definition) is 2. The summed E-state index contributed by atoms with van der Waals surface area (Å²) >= 11 is 0. The van der Waals surface area contributed by atoms with Crippen LogP contribution < -0.4 is 0 Å². The second-order valence-corrected chi connectivity index (χ2v) is 6.55. The molecule has 2 aliphatic carbocycles. The molecule has 5 atom stereocenters. The van der Waals surface area contributed by atoms with Gasteiger partial charge < -0.3 is 10.2 Å². The van der Waals surface area contributed by atoms with Crippen molar-refractivity contribution in [2.75, 3.05) is 0 Å². The Balaban J connectivity index is 2.33. The lowest BCUT2D eigenvalue weighted by atomic mass is 9.61. The van der Waals surface area contributed by atoms with Crippen molar-refractivity contribution < 1.29 is 10.2 Å². The lowest BCUT2D eigenvalue weighted by Gasteiger charge is -2.44. The molecule has 0 amide bonds. The van der Waals surface area contributed by atoms with Gasteiger partial charge >= 0.3 is 0 Å². The fraction of sp³-hybridized carbons (Fsp3) is 0.867. The largest absolute Gasteiger partial charge is 0.393 e. The molecule has 0 heterocycles. The fourth-order valence-corrected chi connectivity index (χ4v) is 4.12. The van der Waals surface area contributed by atoms with Crippen LogP contribution in [-0.4, -0.2) is 22.4 Å². The van der Waals surface area contributed by atoms with Crippen LogP contribution in [0.1, 0.15) is 47.0 Å². The summed E-state index contributed by atoms with van der Waals surface area (Å²) in [7, 11) is 0. The topological polar surface area (TPSA) is 40.5 Å². The molecule has 0 aromatic carbocycles. The summed E-state index contributed by atoms with van der Waals surface area (Å²) in [5.74, 6) is 1.41. The van der Waals surface area contributed by atoms with E-state index in [-0.39, 0.29) is 17.6 Å². The van der Waals surface area contributed by atoms with Crippen LogP contribution in [0.5, 0.6) is 0 Å². The second-order valence-electron chi connectivity index (χ2n) is 6.55. The van der Waals surface area contributed by atoms with Gasteiger partial charge in [0.15, 0.2) is 0 Å². The lowest BCUT2D eigenvalue weighted by molar-refractivity contribution is 0.0164. The van der Waals surface area contributed by atoms with Gasteiger partial charge in [-0.1, -0.05) is 26.8 Å². The van der Waals surface area contributed by atoms with Gasteiger partial charge in [0.2, 0.25) is 0 Å². The summed E-state index contributed by atoms with van der Waals surface area (Å²) in [5, 5.41) is 20.3. The highest BCUT2D eigenvalue weighted by Crippen LogP contribution is 2.57. The number of allylic oxidation sites excluding steroid dienone is 1. The molecule has 0 aromatic rings. The molecule has 17 heavy (non-hydrogen) atoms. The highest BCUT2D eigenvalue weighted by molar-refractivity contribution is 5.17. The minimum atomic E-state index is -0.308. The van der Waals surface area contributed by atoms with Gasteiger partial charge in [-0.05, 0) is 54.9 Å². The van der Waals surface area contributed by atoms with E-state index in [2.05, 4.69) is 26.8 Å². The van der Waals surface area contributed by atoms with E-state index in [0.29, 0.717) is 17.8 Å². The van der Waals surface area contributed by atoms with Crippen molar-refractivity contribution in [2.45, 2.75) is 59.2 Å². The van der Waals surface area contributed by atoms with Crippen LogP contribution in [0.15, 0.2) is 11.6 Å². The molecular formula is C15H26O2. The third kappa shape index (κ3) is 1.96. The van der Waals surface area contributed by atoms with Gasteiger partial charge in [-0.25, -0.2) is 0 Å². The number of hydrogen-bond donors (Lipinski definition) is 2. The molecule has 0 bridgehead atoms. The van der Waals surface area contributed by atoms with E-state index in [9.17, 15) is 10.2 Å². The zero-order chi connectivity index (χ0) is 12.8. The molecule has 2 nitrogen and oxygen atoms in total. The number of rotatable bonds is 1. The zero-order valence-corrected chi connectivity index (χ0v) is 11.5. The Hall–Kier alpha value is -0.340. The summed E-state index contributed by atoms with van der Waals surface area (Å²) in [6, 6.07) is 0. The summed E-state index contributed by atoms with van der Waals surface area (Å²) in [4.78, 5) is 0. The Bertz CT molecular complexity index is 321. The van der Waals surface area contributed by atoms with Gasteiger partial charge in [-0.15, -0.1) is 0 Å². The fourth-order valence-electron chi connectivity index (χ4n) is 4.12. The molecular weight excluding hydrogens is 212 g/mol. The molecule has 2 aliphatic rings. The van der Waals surface area contributed by atoms with Crippen molar-refractivity contribution in [3.05, 3.63) is 11.6 Å². The first-order chi connectivity index (χ1) is 7.88. The molecule has 1 fully saturated rings. The van der Waals surface area contributed by atoms with E-state index in [1.807, 2.05) is 6.92 Å². The second kappa shape index (κ2) is 4.40. The maximum atomic E-state index is 10.2. The molecule has 0 saturated heterocycles. The van der Waals surface area contributed by atoms with Crippen LogP contribution in [0.25, 0.3) is 0 Å². The van der Waals surface area contributed by atoms with E-state index in [0.717, 1.165) is 24.8 Å². The van der Waals surface area contributed by atoms with Gasteiger partial charge in [0, 0.05) is 0 Å². The first-order valence-corrected chi connectivity index (χ1v) is 6.91. The highest BCUT2D eigenvalue weighted by atomic mass is 16.3. The van der Waals surface area contributed by atoms with Gasteiger partial charge in [0.1, 0.15) is 0 Å². The van der Waals surface area contributed by atoms with Crippen molar-refractivity contribution in [3.8, 4) is 0 Å². The predicted molar refractivity (Wildman–Crippen MR) is 69.5 cm³/mol. The van der Waals surface area contributed by atoms with Crippen molar-refractivity contribution >= 4 is 0 Å². The molecule has 0 aliphatic heterocycles. The summed E-state index contributed by atoms with van der Waals surface area (Å²) in [6.45, 7) is 8.66. The molecule has 0 aromatic heterocycles. The van der Waals surface area contributed by atoms with E-state index >= 15 is 0 Å². The first-order valence-electron chi connectivity index (χ1n) is 6.91. The van der Waals surface area contributed by atoms with Crippen molar-refractivity contribution in [1.29, 1.82) is 0 Å². The Kier molecular flexibility index (Phi) is 3.39. The molecule has 2 N–H and O–H groups in total. The van der Waals surface area contributed by atoms with Crippen molar-refractivity contribution in [3.63, 3.8) is 0 Å². The monoisotopic (exact) mass is 238 g/mol. The molecule has 2 rings (SSSR count). The van der Waals surface area contributed by atoms with E-state index in [4.69, 9.17) is 0 Å². The highest BCUT2D eigenvalue weighted by Gasteiger charge is 2.54. The number of aliphatic hydroxyl groups is 2. The zero-order valence-electron chi connectivity index (χ0n) is 11.5. The Morgan fingerprint density at radius 1 is 1.35 bits per heavy atom. The average molecular weight is 238 g/mol. The van der Waals surface area contributed by atoms with Crippen LogP contribution in [0.4, 0.5) is 0 Å². The van der Waals surface area contributed by atoms with Gasteiger partial charge in [-0.3, -0.25) is 0 Å². The summed E-state index contributed by atoms with van der Waals surface area (Å²) in [5.41, 5.74) is 1.22. The SMILES string of the molecule is CC1=CC[C@@]2(C[C@@H]1O)[C@H](C(C)C)C[C@@H](O)[C@@H]2C. The van der Waals surface area contributed by atoms with Gasteiger partial charge in [0.05, 0.1) is 12.2 Å². The third-order valence-electron chi connectivity index (χ3n) is 5.43. The standard InChI is InChI=1S/C15H26O2/c1-9(2)12-7-13(16)11(4)15(12)6-5-10(3)14(17)8-15/h5,9,11-14,16-17H,6-8H2,1-4H3/t11-,12-,13+,14-,15-/m0/s1. The molecule has 98 valence electrons. The quantitative estimate of drug-likeness (QED) is 0.690. The average Bonchev–Trinajstić information content (AvgIpc) is 2.50. The third-order valence-corrected chi connectivity index (χ3v) is 5.43. The number of aliphatic hydroxyl groups excluding tert-OH is 2. The molecule has 0 radical (unpaired) electrons. The minimum absolute atomic E-state index is 0.118. The van der Waals surface area contributed by atoms with Crippen LogP contribution in [0.3, 0.4) is 0 Å². The normalized spacial score (nSPS) is 46.6. The van der Waals surface area contributed by atoms with E-state index in [1.165, 1.54) is 0 Å². The molecule has 1 spiro atoms. The van der Waals surface area contributed by atoms with Crippen molar-refractivity contribution in [1.82, 2.24) is 0 Å². The van der Waals surface area contributed by atoms with Crippen LogP contribution in [-0.2, 0) is 0 Å². The maximum absolute atomic E-state index is 10.2. The molecule has 2 heteroatoms. The van der Waals surface area contributed by atoms with E-state index < -0.39 is 0 Å². The van der Waals surface area contributed by atoms with Gasteiger partial charge in [0.25, 0.3) is 0 Å². The van der Waals surface area contributed by atoms with Crippen LogP contribution in [0.2, 0.25) is 0 Å². The summed E-state index contributed by atoms with van der Waals surface area (Å²) in [6.07, 6.45) is 4.45. The summed E-state index contributed by atoms with van der Waals surface area (Å²) < 4.78 is 0. The Morgan fingerprint density at radius 2 is 2.00 bits per heavy atom. The van der Waals surface area contributed by atoms with Crippen molar-refractivity contribution in [2.24, 2.45) is 23.2 Å². The minimum Gasteiger partial charge on any atom is -0.393 e. The maximum Gasteiger partial charge on any atom is 0.0753 e. The first kappa shape index (κ1) is 13.1. The Labute approximate surface area is 105 Å². The lowest BCUT2D eigenvalue weighted by Crippen LogP contribution is -2.40. The van der Waals surface area contributed by atoms with Crippen LogP contribution in [0, 0.1) is 23.2 Å². The molecule has 0 unspecified atom stereocenters. The molecule has 1 saturated carbocycles. The predicted octanol–water partition coefficient (Wildman–Crippen LogP) is 2.75. The van der Waals surface area contributed by atoms with Crippen LogP contribution >= 0.6 is 0 Å².